The summed E-state index contributed by atoms with van der Waals surface area (Å²) in [5.74, 6) is 2.87. The fourth-order valence-corrected chi connectivity index (χ4v) is 4.77. The predicted molar refractivity (Wildman–Crippen MR) is 76.4 cm³/mol. The van der Waals surface area contributed by atoms with Crippen molar-refractivity contribution >= 4 is 0 Å². The summed E-state index contributed by atoms with van der Waals surface area (Å²) >= 11 is 0. The third-order valence-electron chi connectivity index (χ3n) is 5.90. The van der Waals surface area contributed by atoms with Crippen LogP contribution in [0.2, 0.25) is 0 Å². The second-order valence-corrected chi connectivity index (χ2v) is 7.02. The fourth-order valence-electron chi connectivity index (χ4n) is 4.77. The Balaban J connectivity index is 1.50. The monoisotopic (exact) mass is 250 g/mol. The van der Waals surface area contributed by atoms with Crippen LogP contribution in [0.1, 0.15) is 57.8 Å². The Morgan fingerprint density at radius 1 is 0.833 bits per heavy atom. The van der Waals surface area contributed by atoms with Gasteiger partial charge in [0.25, 0.3) is 0 Å². The van der Waals surface area contributed by atoms with Crippen molar-refractivity contribution in [2.45, 2.75) is 63.8 Å². The summed E-state index contributed by atoms with van der Waals surface area (Å²) < 4.78 is 0. The topological polar surface area (TPSA) is 29.3 Å². The normalized spacial score (nSPS) is 41.8. The molecule has 0 aromatic heterocycles. The summed E-state index contributed by atoms with van der Waals surface area (Å²) in [5.41, 5.74) is 5.79. The highest BCUT2D eigenvalue weighted by molar-refractivity contribution is 4.90. The van der Waals surface area contributed by atoms with Gasteiger partial charge < -0.3 is 5.73 Å². The molecule has 2 nitrogen and oxygen atoms in total. The zero-order chi connectivity index (χ0) is 12.4. The molecule has 1 heterocycles. The van der Waals surface area contributed by atoms with Gasteiger partial charge in [-0.15, -0.1) is 0 Å². The molecule has 3 rings (SSSR count). The molecule has 2 atom stereocenters. The Bertz CT molecular complexity index is 258. The van der Waals surface area contributed by atoms with E-state index in [4.69, 9.17) is 5.73 Å². The van der Waals surface area contributed by atoms with Gasteiger partial charge >= 0.3 is 0 Å². The first kappa shape index (κ1) is 12.9. The van der Waals surface area contributed by atoms with E-state index in [1.54, 1.807) is 0 Å². The number of fused-ring (bicyclic) bond motifs is 1. The number of rotatable bonds is 3. The summed E-state index contributed by atoms with van der Waals surface area (Å²) in [7, 11) is 0. The van der Waals surface area contributed by atoms with Gasteiger partial charge in [-0.1, -0.05) is 6.42 Å². The largest absolute Gasteiger partial charge is 0.330 e. The molecule has 0 bridgehead atoms. The van der Waals surface area contributed by atoms with Gasteiger partial charge in [0, 0.05) is 12.6 Å². The van der Waals surface area contributed by atoms with E-state index < -0.39 is 0 Å². The first-order valence-corrected chi connectivity index (χ1v) is 8.31. The molecule has 3 aliphatic rings. The van der Waals surface area contributed by atoms with Gasteiger partial charge in [-0.05, 0) is 82.2 Å². The zero-order valence-corrected chi connectivity index (χ0v) is 11.8. The van der Waals surface area contributed by atoms with Crippen molar-refractivity contribution in [1.29, 1.82) is 0 Å². The van der Waals surface area contributed by atoms with Crippen molar-refractivity contribution in [2.24, 2.45) is 23.5 Å². The maximum Gasteiger partial charge on any atom is 0.0124 e. The third-order valence-corrected chi connectivity index (χ3v) is 5.90. The highest BCUT2D eigenvalue weighted by atomic mass is 15.2. The molecule has 2 N–H and O–H groups in total. The van der Waals surface area contributed by atoms with Crippen molar-refractivity contribution in [2.75, 3.05) is 19.6 Å². The van der Waals surface area contributed by atoms with Crippen LogP contribution in [-0.2, 0) is 0 Å². The zero-order valence-electron chi connectivity index (χ0n) is 11.8. The average Bonchev–Trinajstić information content (AvgIpc) is 2.89. The highest BCUT2D eigenvalue weighted by Gasteiger charge is 2.36. The standard InChI is InChI=1S/C16H30N2/c17-11-13-6-8-14(9-7-13)12-18-10-2-4-15-3-1-5-16(15)18/h13-16H,1-12,17H2. The first-order valence-electron chi connectivity index (χ1n) is 8.31. The number of nitrogens with zero attached hydrogens (tertiary/aromatic N) is 1. The molecule has 2 saturated carbocycles. The molecule has 0 aromatic rings. The van der Waals surface area contributed by atoms with Gasteiger partial charge in [0.1, 0.15) is 0 Å². The molecule has 104 valence electrons. The van der Waals surface area contributed by atoms with Crippen LogP contribution in [0, 0.1) is 17.8 Å². The predicted octanol–water partition coefficient (Wildman–Crippen LogP) is 3.02. The molecule has 3 fully saturated rings. The van der Waals surface area contributed by atoms with Crippen LogP contribution in [0.25, 0.3) is 0 Å². The van der Waals surface area contributed by atoms with Crippen molar-refractivity contribution in [3.05, 3.63) is 0 Å². The number of piperidine rings is 1. The van der Waals surface area contributed by atoms with Gasteiger partial charge in [-0.25, -0.2) is 0 Å². The van der Waals surface area contributed by atoms with E-state index >= 15 is 0 Å². The van der Waals surface area contributed by atoms with E-state index in [2.05, 4.69) is 4.90 Å². The van der Waals surface area contributed by atoms with E-state index in [1.807, 2.05) is 0 Å². The maximum absolute atomic E-state index is 5.79. The Morgan fingerprint density at radius 2 is 1.56 bits per heavy atom. The highest BCUT2D eigenvalue weighted by Crippen LogP contribution is 2.38. The molecule has 0 spiro atoms. The van der Waals surface area contributed by atoms with Crippen LogP contribution in [0.5, 0.6) is 0 Å². The summed E-state index contributed by atoms with van der Waals surface area (Å²) in [4.78, 5) is 2.87. The van der Waals surface area contributed by atoms with Crippen LogP contribution in [-0.4, -0.2) is 30.6 Å². The van der Waals surface area contributed by atoms with Gasteiger partial charge in [-0.3, -0.25) is 4.90 Å². The summed E-state index contributed by atoms with van der Waals surface area (Å²) in [6, 6.07) is 0.964. The minimum absolute atomic E-state index is 0.835. The Hall–Kier alpha value is -0.0800. The van der Waals surface area contributed by atoms with E-state index in [0.717, 1.165) is 30.3 Å². The number of hydrogen-bond donors (Lipinski definition) is 1. The fraction of sp³-hybridized carbons (Fsp3) is 1.00. The lowest BCUT2D eigenvalue weighted by molar-refractivity contribution is 0.0816. The van der Waals surface area contributed by atoms with E-state index in [1.165, 1.54) is 70.9 Å². The van der Waals surface area contributed by atoms with E-state index in [9.17, 15) is 0 Å². The molecule has 2 unspecified atom stereocenters. The molecule has 1 aliphatic heterocycles. The number of nitrogens with two attached hydrogens (primary N) is 1. The van der Waals surface area contributed by atoms with Crippen molar-refractivity contribution in [1.82, 2.24) is 4.90 Å². The minimum Gasteiger partial charge on any atom is -0.330 e. The maximum atomic E-state index is 5.79. The van der Waals surface area contributed by atoms with Gasteiger partial charge in [-0.2, -0.15) is 0 Å². The average molecular weight is 250 g/mol. The van der Waals surface area contributed by atoms with E-state index in [-0.39, 0.29) is 0 Å². The van der Waals surface area contributed by atoms with Crippen LogP contribution < -0.4 is 5.73 Å². The Labute approximate surface area is 112 Å². The summed E-state index contributed by atoms with van der Waals surface area (Å²) in [6.45, 7) is 3.71. The van der Waals surface area contributed by atoms with Crippen molar-refractivity contribution < 1.29 is 0 Å². The van der Waals surface area contributed by atoms with Crippen molar-refractivity contribution in [3.8, 4) is 0 Å². The lowest BCUT2D eigenvalue weighted by Crippen LogP contribution is -2.45. The van der Waals surface area contributed by atoms with Gasteiger partial charge in [0.15, 0.2) is 0 Å². The Morgan fingerprint density at radius 3 is 2.33 bits per heavy atom. The SMILES string of the molecule is NCC1CCC(CN2CCCC3CCCC32)CC1. The molecular weight excluding hydrogens is 220 g/mol. The molecule has 1 saturated heterocycles. The molecule has 18 heavy (non-hydrogen) atoms. The molecule has 0 amide bonds. The van der Waals surface area contributed by atoms with Crippen LogP contribution in [0.3, 0.4) is 0 Å². The quantitative estimate of drug-likeness (QED) is 0.834. The Kier molecular flexibility index (Phi) is 4.25. The second kappa shape index (κ2) is 5.92. The number of hydrogen-bond acceptors (Lipinski definition) is 2. The summed E-state index contributed by atoms with van der Waals surface area (Å²) in [6.07, 6.45) is 13.1. The van der Waals surface area contributed by atoms with Gasteiger partial charge in [0.2, 0.25) is 0 Å². The minimum atomic E-state index is 0.835. The van der Waals surface area contributed by atoms with Crippen molar-refractivity contribution in [3.63, 3.8) is 0 Å². The van der Waals surface area contributed by atoms with Crippen LogP contribution >= 0.6 is 0 Å². The lowest BCUT2D eigenvalue weighted by Gasteiger charge is -2.41. The second-order valence-electron chi connectivity index (χ2n) is 7.02. The molecule has 0 aromatic carbocycles. The molecular formula is C16H30N2. The first-order chi connectivity index (χ1) is 8.86. The molecule has 0 radical (unpaired) electrons. The lowest BCUT2D eigenvalue weighted by atomic mass is 9.81. The molecule has 2 heteroatoms. The third kappa shape index (κ3) is 2.75. The van der Waals surface area contributed by atoms with Crippen LogP contribution in [0.4, 0.5) is 0 Å². The smallest absolute Gasteiger partial charge is 0.0124 e. The summed E-state index contributed by atoms with van der Waals surface area (Å²) in [5, 5.41) is 0. The van der Waals surface area contributed by atoms with Gasteiger partial charge in [0.05, 0.1) is 0 Å². The number of likely N-dealkylation sites (tertiary alicyclic amines) is 1. The van der Waals surface area contributed by atoms with E-state index in [0.29, 0.717) is 0 Å². The van der Waals surface area contributed by atoms with Crippen LogP contribution in [0.15, 0.2) is 0 Å². The molecule has 2 aliphatic carbocycles.